The Hall–Kier alpha value is -0.470. The number of thioether (sulfide) groups is 1. The lowest BCUT2D eigenvalue weighted by Gasteiger charge is -2.09. The Morgan fingerprint density at radius 2 is 1.80 bits per heavy atom. The molecule has 1 rings (SSSR count). The highest BCUT2D eigenvalue weighted by Crippen LogP contribution is 2.10. The van der Waals surface area contributed by atoms with Crippen LogP contribution in [0.2, 0.25) is 0 Å². The maximum absolute atomic E-state index is 9.75. The highest BCUT2D eigenvalue weighted by Gasteiger charge is 2.04. The minimum Gasteiger partial charge on any atom is -0.393 e. The summed E-state index contributed by atoms with van der Waals surface area (Å²) < 4.78 is 0. The summed E-state index contributed by atoms with van der Waals surface area (Å²) in [5.41, 5.74) is 2.60. The third-order valence-corrected chi connectivity index (χ3v) is 3.20. The van der Waals surface area contributed by atoms with Crippen LogP contribution in [-0.4, -0.2) is 23.2 Å². The van der Waals surface area contributed by atoms with Crippen LogP contribution in [0.25, 0.3) is 0 Å². The lowest BCUT2D eigenvalue weighted by atomic mass is 10.0. The van der Waals surface area contributed by atoms with E-state index in [0.717, 1.165) is 25.0 Å². The van der Waals surface area contributed by atoms with Gasteiger partial charge in [-0.05, 0) is 42.4 Å². The number of hydrogen-bond donors (Lipinski definition) is 1. The van der Waals surface area contributed by atoms with Crippen molar-refractivity contribution >= 4 is 11.8 Å². The van der Waals surface area contributed by atoms with Gasteiger partial charge >= 0.3 is 0 Å². The third-order valence-electron chi connectivity index (χ3n) is 2.56. The summed E-state index contributed by atoms with van der Waals surface area (Å²) in [7, 11) is 0. The predicted molar refractivity (Wildman–Crippen MR) is 68.5 cm³/mol. The molecule has 0 saturated heterocycles. The Morgan fingerprint density at radius 3 is 2.33 bits per heavy atom. The molecule has 84 valence electrons. The molecule has 0 heterocycles. The summed E-state index contributed by atoms with van der Waals surface area (Å²) in [6.07, 6.45) is 4.63. The van der Waals surface area contributed by atoms with E-state index < -0.39 is 0 Å². The van der Waals surface area contributed by atoms with Gasteiger partial charge in [-0.3, -0.25) is 0 Å². The van der Waals surface area contributed by atoms with Crippen LogP contribution in [0.4, 0.5) is 0 Å². The van der Waals surface area contributed by atoms with Crippen molar-refractivity contribution in [3.63, 3.8) is 0 Å². The minimum atomic E-state index is -0.190. The van der Waals surface area contributed by atoms with Crippen LogP contribution >= 0.6 is 11.8 Å². The number of aliphatic hydroxyl groups excluding tert-OH is 1. The molecule has 0 amide bonds. The molecule has 0 aliphatic carbocycles. The average Bonchev–Trinajstić information content (AvgIpc) is 2.27. The number of hydrogen-bond acceptors (Lipinski definition) is 2. The smallest absolute Gasteiger partial charge is 0.0588 e. The molecule has 1 N–H and O–H groups in total. The molecule has 2 heteroatoms. The molecule has 1 aromatic carbocycles. The van der Waals surface area contributed by atoms with Crippen LogP contribution in [0.3, 0.4) is 0 Å². The molecule has 0 spiro atoms. The zero-order valence-electron chi connectivity index (χ0n) is 9.57. The van der Waals surface area contributed by atoms with Gasteiger partial charge < -0.3 is 5.11 Å². The Balaban J connectivity index is 2.42. The fraction of sp³-hybridized carbons (Fsp3) is 0.538. The second kappa shape index (κ2) is 6.91. The van der Waals surface area contributed by atoms with Gasteiger partial charge in [0.25, 0.3) is 0 Å². The maximum Gasteiger partial charge on any atom is 0.0588 e. The standard InChI is InChI=1S/C13H20OS/c1-3-11-4-6-12(7-5-11)10-13(14)8-9-15-2/h4-7,13-14H,3,8-10H2,1-2H3. The Kier molecular flexibility index (Phi) is 5.81. The first kappa shape index (κ1) is 12.6. The van der Waals surface area contributed by atoms with Crippen LogP contribution in [-0.2, 0) is 12.8 Å². The SMILES string of the molecule is CCc1ccc(CC(O)CCSC)cc1. The molecule has 0 fully saturated rings. The second-order valence-electron chi connectivity index (χ2n) is 3.81. The molecule has 1 aromatic rings. The Bertz CT molecular complexity index is 268. The van der Waals surface area contributed by atoms with Crippen LogP contribution in [0, 0.1) is 0 Å². The van der Waals surface area contributed by atoms with Crippen molar-refractivity contribution in [1.82, 2.24) is 0 Å². The summed E-state index contributed by atoms with van der Waals surface area (Å²) in [5, 5.41) is 9.75. The highest BCUT2D eigenvalue weighted by atomic mass is 32.2. The van der Waals surface area contributed by atoms with E-state index >= 15 is 0 Å². The summed E-state index contributed by atoms with van der Waals surface area (Å²) in [6, 6.07) is 8.55. The van der Waals surface area contributed by atoms with Gasteiger partial charge in [0.15, 0.2) is 0 Å². The van der Waals surface area contributed by atoms with Crippen molar-refractivity contribution < 1.29 is 5.11 Å². The minimum absolute atomic E-state index is 0.190. The summed E-state index contributed by atoms with van der Waals surface area (Å²) in [5.74, 6) is 1.04. The average molecular weight is 224 g/mol. The van der Waals surface area contributed by atoms with Gasteiger partial charge in [0.1, 0.15) is 0 Å². The quantitative estimate of drug-likeness (QED) is 0.802. The molecule has 0 radical (unpaired) electrons. The van der Waals surface area contributed by atoms with E-state index in [4.69, 9.17) is 0 Å². The summed E-state index contributed by atoms with van der Waals surface area (Å²) in [6.45, 7) is 2.16. The first-order chi connectivity index (χ1) is 7.26. The van der Waals surface area contributed by atoms with Gasteiger partial charge in [-0.25, -0.2) is 0 Å². The lowest BCUT2D eigenvalue weighted by molar-refractivity contribution is 0.172. The highest BCUT2D eigenvalue weighted by molar-refractivity contribution is 7.98. The molecule has 15 heavy (non-hydrogen) atoms. The van der Waals surface area contributed by atoms with Crippen LogP contribution in [0.1, 0.15) is 24.5 Å². The zero-order chi connectivity index (χ0) is 11.1. The second-order valence-corrected chi connectivity index (χ2v) is 4.80. The van der Waals surface area contributed by atoms with E-state index in [1.807, 2.05) is 0 Å². The third kappa shape index (κ3) is 4.72. The number of rotatable bonds is 6. The van der Waals surface area contributed by atoms with Crippen LogP contribution < -0.4 is 0 Å². The summed E-state index contributed by atoms with van der Waals surface area (Å²) in [4.78, 5) is 0. The molecule has 1 atom stereocenters. The van der Waals surface area contributed by atoms with Gasteiger partial charge in [0.05, 0.1) is 6.10 Å². The van der Waals surface area contributed by atoms with Gasteiger partial charge in [-0.2, -0.15) is 11.8 Å². The number of aryl methyl sites for hydroxylation is 1. The van der Waals surface area contributed by atoms with Crippen LogP contribution in [0.5, 0.6) is 0 Å². The molecular formula is C13H20OS. The zero-order valence-corrected chi connectivity index (χ0v) is 10.4. The van der Waals surface area contributed by atoms with Crippen molar-refractivity contribution in [3.8, 4) is 0 Å². The summed E-state index contributed by atoms with van der Waals surface area (Å²) >= 11 is 1.79. The van der Waals surface area contributed by atoms with Gasteiger partial charge in [-0.1, -0.05) is 31.2 Å². The van der Waals surface area contributed by atoms with Crippen molar-refractivity contribution in [3.05, 3.63) is 35.4 Å². The molecule has 0 bridgehead atoms. The molecular weight excluding hydrogens is 204 g/mol. The molecule has 0 saturated carbocycles. The van der Waals surface area contributed by atoms with E-state index in [1.54, 1.807) is 11.8 Å². The largest absolute Gasteiger partial charge is 0.393 e. The molecule has 0 aromatic heterocycles. The molecule has 0 aliphatic rings. The maximum atomic E-state index is 9.75. The van der Waals surface area contributed by atoms with E-state index in [9.17, 15) is 5.11 Å². The van der Waals surface area contributed by atoms with Gasteiger partial charge in [-0.15, -0.1) is 0 Å². The van der Waals surface area contributed by atoms with Crippen LogP contribution in [0.15, 0.2) is 24.3 Å². The van der Waals surface area contributed by atoms with E-state index in [1.165, 1.54) is 11.1 Å². The Labute approximate surface area is 96.9 Å². The predicted octanol–water partition coefficient (Wildman–Crippen LogP) is 2.91. The fourth-order valence-electron chi connectivity index (χ4n) is 1.54. The first-order valence-electron chi connectivity index (χ1n) is 5.51. The number of aliphatic hydroxyl groups is 1. The number of benzene rings is 1. The molecule has 1 unspecified atom stereocenters. The van der Waals surface area contributed by atoms with E-state index in [-0.39, 0.29) is 6.10 Å². The lowest BCUT2D eigenvalue weighted by Crippen LogP contribution is -2.11. The monoisotopic (exact) mass is 224 g/mol. The van der Waals surface area contributed by atoms with Crippen molar-refractivity contribution in [2.45, 2.75) is 32.3 Å². The van der Waals surface area contributed by atoms with Gasteiger partial charge in [0.2, 0.25) is 0 Å². The van der Waals surface area contributed by atoms with Gasteiger partial charge in [0, 0.05) is 0 Å². The van der Waals surface area contributed by atoms with Crippen molar-refractivity contribution in [2.75, 3.05) is 12.0 Å². The van der Waals surface area contributed by atoms with E-state index in [2.05, 4.69) is 37.4 Å². The fourth-order valence-corrected chi connectivity index (χ4v) is 2.05. The van der Waals surface area contributed by atoms with E-state index in [0.29, 0.717) is 0 Å². The first-order valence-corrected chi connectivity index (χ1v) is 6.90. The van der Waals surface area contributed by atoms with Crippen molar-refractivity contribution in [1.29, 1.82) is 0 Å². The molecule has 0 aliphatic heterocycles. The molecule has 1 nitrogen and oxygen atoms in total. The Morgan fingerprint density at radius 1 is 1.20 bits per heavy atom. The topological polar surface area (TPSA) is 20.2 Å². The normalized spacial score (nSPS) is 12.7. The van der Waals surface area contributed by atoms with Crippen molar-refractivity contribution in [2.24, 2.45) is 0 Å².